The summed E-state index contributed by atoms with van der Waals surface area (Å²) in [6.07, 6.45) is 1.23. The Morgan fingerprint density at radius 2 is 2.00 bits per heavy atom. The van der Waals surface area contributed by atoms with Gasteiger partial charge in [-0.05, 0) is 48.7 Å². The Kier molecular flexibility index (Phi) is 5.26. The van der Waals surface area contributed by atoms with E-state index in [2.05, 4.69) is 17.1 Å². The largest absolute Gasteiger partial charge is 0.482 e. The first-order valence-electron chi connectivity index (χ1n) is 8.14. The molecule has 1 aliphatic heterocycles. The predicted molar refractivity (Wildman–Crippen MR) is 98.0 cm³/mol. The Hall–Kier alpha value is -2.20. The van der Waals surface area contributed by atoms with Gasteiger partial charge in [0.15, 0.2) is 6.61 Å². The van der Waals surface area contributed by atoms with Crippen LogP contribution in [0.2, 0.25) is 5.02 Å². The molecule has 2 aromatic rings. The van der Waals surface area contributed by atoms with E-state index in [0.29, 0.717) is 10.8 Å². The molecule has 4 nitrogen and oxygen atoms in total. The first kappa shape index (κ1) is 16.7. The summed E-state index contributed by atoms with van der Waals surface area (Å²) >= 11 is 6.00. The quantitative estimate of drug-likeness (QED) is 0.883. The molecule has 5 heteroatoms. The van der Waals surface area contributed by atoms with Crippen molar-refractivity contribution in [2.75, 3.05) is 29.9 Å². The number of amides is 1. The van der Waals surface area contributed by atoms with Gasteiger partial charge in [0.25, 0.3) is 5.91 Å². The molecule has 1 amide bonds. The molecular formula is C19H21ClN2O2. The zero-order chi connectivity index (χ0) is 16.9. The van der Waals surface area contributed by atoms with Crippen LogP contribution in [0.15, 0.2) is 48.5 Å². The number of ether oxygens (including phenoxy) is 1. The fourth-order valence-corrected chi connectivity index (χ4v) is 3.02. The van der Waals surface area contributed by atoms with E-state index in [9.17, 15) is 4.79 Å². The Bertz CT molecular complexity index is 703. The zero-order valence-corrected chi connectivity index (χ0v) is 14.4. The summed E-state index contributed by atoms with van der Waals surface area (Å²) in [5.41, 5.74) is 1.96. The van der Waals surface area contributed by atoms with Crippen molar-refractivity contribution >= 4 is 28.9 Å². The van der Waals surface area contributed by atoms with Gasteiger partial charge in [0.2, 0.25) is 0 Å². The molecule has 1 unspecified atom stereocenters. The minimum Gasteiger partial charge on any atom is -0.482 e. The van der Waals surface area contributed by atoms with Gasteiger partial charge >= 0.3 is 0 Å². The molecule has 0 aromatic heterocycles. The van der Waals surface area contributed by atoms with E-state index in [0.717, 1.165) is 24.7 Å². The van der Waals surface area contributed by atoms with Crippen molar-refractivity contribution < 1.29 is 9.53 Å². The number of carbonyl (C=O) groups is 1. The van der Waals surface area contributed by atoms with Crippen LogP contribution in [0.4, 0.5) is 11.4 Å². The van der Waals surface area contributed by atoms with E-state index in [1.165, 1.54) is 12.1 Å². The van der Waals surface area contributed by atoms with Crippen LogP contribution < -0.4 is 15.0 Å². The molecule has 24 heavy (non-hydrogen) atoms. The van der Waals surface area contributed by atoms with Crippen LogP contribution in [-0.2, 0) is 4.79 Å². The fourth-order valence-electron chi connectivity index (χ4n) is 2.83. The Morgan fingerprint density at radius 3 is 2.67 bits per heavy atom. The Balaban J connectivity index is 1.52. The summed E-state index contributed by atoms with van der Waals surface area (Å²) in [7, 11) is 0. The van der Waals surface area contributed by atoms with Crippen LogP contribution in [0.1, 0.15) is 13.3 Å². The first-order chi connectivity index (χ1) is 11.6. The summed E-state index contributed by atoms with van der Waals surface area (Å²) in [5.74, 6) is 1.04. The van der Waals surface area contributed by atoms with Crippen LogP contribution in [0.25, 0.3) is 0 Å². The number of para-hydroxylation sites is 1. The lowest BCUT2D eigenvalue weighted by atomic mass is 10.2. The van der Waals surface area contributed by atoms with Gasteiger partial charge in [0.05, 0.1) is 5.02 Å². The summed E-state index contributed by atoms with van der Waals surface area (Å²) in [4.78, 5) is 14.4. The van der Waals surface area contributed by atoms with E-state index >= 15 is 0 Å². The zero-order valence-electron chi connectivity index (χ0n) is 13.7. The highest BCUT2D eigenvalue weighted by molar-refractivity contribution is 6.32. The molecule has 1 aliphatic rings. The van der Waals surface area contributed by atoms with Gasteiger partial charge in [-0.3, -0.25) is 4.79 Å². The van der Waals surface area contributed by atoms with Crippen LogP contribution in [-0.4, -0.2) is 25.6 Å². The van der Waals surface area contributed by atoms with Crippen molar-refractivity contribution in [3.8, 4) is 5.75 Å². The molecule has 1 heterocycles. The van der Waals surface area contributed by atoms with Crippen molar-refractivity contribution in [1.29, 1.82) is 0 Å². The van der Waals surface area contributed by atoms with E-state index < -0.39 is 0 Å². The molecule has 0 saturated carbocycles. The fraction of sp³-hybridized carbons (Fsp3) is 0.316. The molecule has 3 rings (SSSR count). The predicted octanol–water partition coefficient (Wildman–Crippen LogP) is 4.20. The van der Waals surface area contributed by atoms with Crippen molar-refractivity contribution in [3.05, 3.63) is 53.6 Å². The summed E-state index contributed by atoms with van der Waals surface area (Å²) in [5, 5.41) is 3.33. The molecule has 1 atom stereocenters. The Morgan fingerprint density at radius 1 is 1.25 bits per heavy atom. The minimum absolute atomic E-state index is 0.0743. The normalized spacial score (nSPS) is 16.9. The molecule has 1 N–H and O–H groups in total. The molecule has 0 aliphatic carbocycles. The number of carbonyl (C=O) groups excluding carboxylic acids is 1. The lowest BCUT2D eigenvalue weighted by Crippen LogP contribution is -2.21. The lowest BCUT2D eigenvalue weighted by Gasteiger charge is -2.18. The highest BCUT2D eigenvalue weighted by Gasteiger charge is 2.18. The monoisotopic (exact) mass is 344 g/mol. The third-order valence-electron chi connectivity index (χ3n) is 4.14. The van der Waals surface area contributed by atoms with Gasteiger partial charge in [-0.25, -0.2) is 0 Å². The standard InChI is InChI=1S/C19H21ClN2O2/c1-14-10-11-22(12-14)16-8-6-15(7-9-16)21-19(23)13-24-18-5-3-2-4-17(18)20/h2-9,14H,10-13H2,1H3,(H,21,23). The second kappa shape index (κ2) is 7.58. The number of benzene rings is 2. The average Bonchev–Trinajstić information content (AvgIpc) is 3.01. The highest BCUT2D eigenvalue weighted by Crippen LogP contribution is 2.25. The average molecular weight is 345 g/mol. The number of rotatable bonds is 5. The van der Waals surface area contributed by atoms with E-state index in [1.54, 1.807) is 12.1 Å². The molecule has 1 saturated heterocycles. The van der Waals surface area contributed by atoms with Gasteiger partial charge < -0.3 is 15.0 Å². The number of hydrogen-bond donors (Lipinski definition) is 1. The SMILES string of the molecule is CC1CCN(c2ccc(NC(=O)COc3ccccc3Cl)cc2)C1. The summed E-state index contributed by atoms with van der Waals surface area (Å²) in [6, 6.07) is 15.0. The maximum Gasteiger partial charge on any atom is 0.262 e. The third kappa shape index (κ3) is 4.20. The van der Waals surface area contributed by atoms with E-state index in [1.807, 2.05) is 36.4 Å². The number of nitrogens with one attached hydrogen (secondary N) is 1. The lowest BCUT2D eigenvalue weighted by molar-refractivity contribution is -0.118. The molecule has 0 radical (unpaired) electrons. The second-order valence-corrected chi connectivity index (χ2v) is 6.56. The maximum atomic E-state index is 12.0. The van der Waals surface area contributed by atoms with Crippen molar-refractivity contribution in [2.24, 2.45) is 5.92 Å². The number of halogens is 1. The minimum atomic E-state index is -0.211. The highest BCUT2D eigenvalue weighted by atomic mass is 35.5. The van der Waals surface area contributed by atoms with Crippen LogP contribution in [0.3, 0.4) is 0 Å². The van der Waals surface area contributed by atoms with E-state index in [-0.39, 0.29) is 12.5 Å². The smallest absolute Gasteiger partial charge is 0.262 e. The molecule has 0 bridgehead atoms. The van der Waals surface area contributed by atoms with Crippen molar-refractivity contribution in [2.45, 2.75) is 13.3 Å². The van der Waals surface area contributed by atoms with Gasteiger partial charge in [-0.2, -0.15) is 0 Å². The van der Waals surface area contributed by atoms with Gasteiger partial charge in [0, 0.05) is 24.5 Å². The summed E-state index contributed by atoms with van der Waals surface area (Å²) in [6.45, 7) is 4.39. The summed E-state index contributed by atoms with van der Waals surface area (Å²) < 4.78 is 5.44. The maximum absolute atomic E-state index is 12.0. The van der Waals surface area contributed by atoms with E-state index in [4.69, 9.17) is 16.3 Å². The van der Waals surface area contributed by atoms with Gasteiger partial charge in [0.1, 0.15) is 5.75 Å². The third-order valence-corrected chi connectivity index (χ3v) is 4.45. The van der Waals surface area contributed by atoms with Crippen LogP contribution >= 0.6 is 11.6 Å². The molecule has 0 spiro atoms. The molecular weight excluding hydrogens is 324 g/mol. The Labute approximate surface area is 147 Å². The second-order valence-electron chi connectivity index (χ2n) is 6.15. The molecule has 126 valence electrons. The van der Waals surface area contributed by atoms with Gasteiger partial charge in [-0.15, -0.1) is 0 Å². The number of hydrogen-bond acceptors (Lipinski definition) is 3. The number of anilines is 2. The van der Waals surface area contributed by atoms with Gasteiger partial charge in [-0.1, -0.05) is 30.7 Å². The van der Waals surface area contributed by atoms with Crippen LogP contribution in [0, 0.1) is 5.92 Å². The van der Waals surface area contributed by atoms with Crippen molar-refractivity contribution in [3.63, 3.8) is 0 Å². The topological polar surface area (TPSA) is 41.6 Å². The number of nitrogens with zero attached hydrogens (tertiary/aromatic N) is 1. The molecule has 1 fully saturated rings. The van der Waals surface area contributed by atoms with Crippen LogP contribution in [0.5, 0.6) is 5.75 Å². The van der Waals surface area contributed by atoms with Crippen molar-refractivity contribution in [1.82, 2.24) is 0 Å². The first-order valence-corrected chi connectivity index (χ1v) is 8.52. The molecule has 2 aromatic carbocycles.